The van der Waals surface area contributed by atoms with Gasteiger partial charge in [-0.2, -0.15) is 0 Å². The Labute approximate surface area is 234 Å². The highest BCUT2D eigenvalue weighted by Crippen LogP contribution is 2.35. The summed E-state index contributed by atoms with van der Waals surface area (Å²) in [6, 6.07) is 16.1. The van der Waals surface area contributed by atoms with Crippen molar-refractivity contribution in [2.75, 3.05) is 19.8 Å². The van der Waals surface area contributed by atoms with E-state index in [1.807, 2.05) is 41.9 Å². The Hall–Kier alpha value is -3.56. The lowest BCUT2D eigenvalue weighted by Crippen LogP contribution is -2.39. The number of rotatable bonds is 10. The van der Waals surface area contributed by atoms with Crippen LogP contribution in [0.15, 0.2) is 53.3 Å². The van der Waals surface area contributed by atoms with Crippen LogP contribution in [-0.4, -0.2) is 56.0 Å². The molecule has 9 nitrogen and oxygen atoms in total. The molecule has 2 aliphatic rings. The van der Waals surface area contributed by atoms with Crippen molar-refractivity contribution in [3.05, 3.63) is 81.4 Å². The maximum Gasteiger partial charge on any atom is 0.253 e. The largest absolute Gasteiger partial charge is 0.494 e. The van der Waals surface area contributed by atoms with Crippen LogP contribution in [0.2, 0.25) is 0 Å². The van der Waals surface area contributed by atoms with Gasteiger partial charge in [0, 0.05) is 30.8 Å². The normalized spacial score (nSPS) is 18.6. The van der Waals surface area contributed by atoms with Crippen molar-refractivity contribution >= 4 is 10.9 Å². The Morgan fingerprint density at radius 1 is 1.10 bits per heavy atom. The lowest BCUT2D eigenvalue weighted by Gasteiger charge is -2.33. The molecule has 0 spiro atoms. The SMILES string of the molecule is CCOc1ccc(CN(C[C@@H]2CCCO2)[C@@H](c2cc3cc(C)ccc3[nH]c2=O)c2nnnn2C2CCCC2)cc1. The summed E-state index contributed by atoms with van der Waals surface area (Å²) in [6.45, 7) is 6.72. The first-order valence-electron chi connectivity index (χ1n) is 14.6. The third-order valence-electron chi connectivity index (χ3n) is 8.20. The monoisotopic (exact) mass is 542 g/mol. The third-order valence-corrected chi connectivity index (χ3v) is 8.20. The third kappa shape index (κ3) is 5.67. The summed E-state index contributed by atoms with van der Waals surface area (Å²) in [7, 11) is 0. The van der Waals surface area contributed by atoms with Gasteiger partial charge in [-0.15, -0.1) is 5.10 Å². The number of aryl methyl sites for hydroxylation is 1. The van der Waals surface area contributed by atoms with Crippen molar-refractivity contribution in [3.8, 4) is 5.75 Å². The van der Waals surface area contributed by atoms with Crippen LogP contribution in [0, 0.1) is 6.92 Å². The molecule has 1 aliphatic heterocycles. The number of nitrogens with zero attached hydrogens (tertiary/aromatic N) is 5. The fourth-order valence-electron chi connectivity index (χ4n) is 6.24. The Balaban J connectivity index is 1.47. The molecule has 0 radical (unpaired) electrons. The highest BCUT2D eigenvalue weighted by Gasteiger charge is 2.35. The van der Waals surface area contributed by atoms with E-state index < -0.39 is 6.04 Å². The number of aromatic amines is 1. The van der Waals surface area contributed by atoms with E-state index in [2.05, 4.69) is 50.5 Å². The Morgan fingerprint density at radius 3 is 2.67 bits per heavy atom. The van der Waals surface area contributed by atoms with Crippen molar-refractivity contribution in [2.45, 2.75) is 77.1 Å². The molecule has 4 aromatic rings. The molecule has 2 aromatic heterocycles. The fourth-order valence-corrected chi connectivity index (χ4v) is 6.24. The van der Waals surface area contributed by atoms with Crippen LogP contribution in [0.25, 0.3) is 10.9 Å². The zero-order valence-electron chi connectivity index (χ0n) is 23.4. The molecule has 210 valence electrons. The number of tetrazole rings is 1. The van der Waals surface area contributed by atoms with Crippen LogP contribution in [0.4, 0.5) is 0 Å². The highest BCUT2D eigenvalue weighted by molar-refractivity contribution is 5.79. The average molecular weight is 543 g/mol. The number of nitrogens with one attached hydrogen (secondary N) is 1. The Morgan fingerprint density at radius 2 is 1.93 bits per heavy atom. The molecule has 6 rings (SSSR count). The summed E-state index contributed by atoms with van der Waals surface area (Å²) in [5.41, 5.74) is 3.62. The molecule has 2 aromatic carbocycles. The maximum atomic E-state index is 13.8. The van der Waals surface area contributed by atoms with Gasteiger partial charge in [-0.25, -0.2) is 4.68 Å². The van der Waals surface area contributed by atoms with Gasteiger partial charge in [0.15, 0.2) is 5.82 Å². The molecular weight excluding hydrogens is 504 g/mol. The summed E-state index contributed by atoms with van der Waals surface area (Å²) >= 11 is 0. The number of ether oxygens (including phenoxy) is 2. The number of H-pyrrole nitrogens is 1. The molecule has 1 aliphatic carbocycles. The quantitative estimate of drug-likeness (QED) is 0.297. The molecule has 0 bridgehead atoms. The van der Waals surface area contributed by atoms with Crippen LogP contribution < -0.4 is 10.3 Å². The van der Waals surface area contributed by atoms with Crippen LogP contribution in [0.1, 0.15) is 80.0 Å². The number of aromatic nitrogens is 5. The number of fused-ring (bicyclic) bond motifs is 1. The number of hydrogen-bond donors (Lipinski definition) is 1. The van der Waals surface area contributed by atoms with Gasteiger partial charge in [-0.05, 0) is 91.2 Å². The molecule has 9 heteroatoms. The van der Waals surface area contributed by atoms with Crippen LogP contribution >= 0.6 is 0 Å². The van der Waals surface area contributed by atoms with Gasteiger partial charge < -0.3 is 14.5 Å². The minimum absolute atomic E-state index is 0.0859. The minimum atomic E-state index is -0.444. The van der Waals surface area contributed by atoms with E-state index in [-0.39, 0.29) is 17.7 Å². The molecule has 0 amide bonds. The summed E-state index contributed by atoms with van der Waals surface area (Å²) in [6.07, 6.45) is 6.54. The van der Waals surface area contributed by atoms with Crippen molar-refractivity contribution in [1.29, 1.82) is 0 Å². The maximum absolute atomic E-state index is 13.8. The number of pyridine rings is 1. The van der Waals surface area contributed by atoms with Gasteiger partial charge >= 0.3 is 0 Å². The lowest BCUT2D eigenvalue weighted by molar-refractivity contribution is 0.0569. The van der Waals surface area contributed by atoms with E-state index >= 15 is 0 Å². The van der Waals surface area contributed by atoms with E-state index in [4.69, 9.17) is 9.47 Å². The van der Waals surface area contributed by atoms with E-state index in [0.29, 0.717) is 31.1 Å². The summed E-state index contributed by atoms with van der Waals surface area (Å²) in [5.74, 6) is 1.56. The fraction of sp³-hybridized carbons (Fsp3) is 0.484. The van der Waals surface area contributed by atoms with Crippen molar-refractivity contribution < 1.29 is 9.47 Å². The second-order valence-corrected chi connectivity index (χ2v) is 11.1. The van der Waals surface area contributed by atoms with Gasteiger partial charge in [0.2, 0.25) is 0 Å². The van der Waals surface area contributed by atoms with Crippen LogP contribution in [-0.2, 0) is 11.3 Å². The van der Waals surface area contributed by atoms with Gasteiger partial charge in [0.25, 0.3) is 5.56 Å². The van der Waals surface area contributed by atoms with Crippen molar-refractivity contribution in [1.82, 2.24) is 30.1 Å². The van der Waals surface area contributed by atoms with Gasteiger partial charge in [-0.3, -0.25) is 9.69 Å². The first-order valence-corrected chi connectivity index (χ1v) is 14.6. The average Bonchev–Trinajstić information content (AvgIpc) is 3.74. The van der Waals surface area contributed by atoms with Gasteiger partial charge in [0.05, 0.1) is 18.8 Å². The second kappa shape index (κ2) is 11.9. The minimum Gasteiger partial charge on any atom is -0.494 e. The molecule has 1 N–H and O–H groups in total. The smallest absolute Gasteiger partial charge is 0.253 e. The van der Waals surface area contributed by atoms with Crippen LogP contribution in [0.5, 0.6) is 5.75 Å². The topological polar surface area (TPSA) is 98.2 Å². The lowest BCUT2D eigenvalue weighted by atomic mass is 10.0. The molecule has 1 saturated heterocycles. The predicted octanol–water partition coefficient (Wildman–Crippen LogP) is 5.11. The first-order chi connectivity index (χ1) is 19.6. The zero-order valence-corrected chi connectivity index (χ0v) is 23.4. The van der Waals surface area contributed by atoms with Gasteiger partial charge in [0.1, 0.15) is 11.8 Å². The Bertz CT molecular complexity index is 1490. The molecular formula is C31H38N6O3. The van der Waals surface area contributed by atoms with Crippen molar-refractivity contribution in [2.24, 2.45) is 0 Å². The van der Waals surface area contributed by atoms with E-state index in [9.17, 15) is 4.79 Å². The van der Waals surface area contributed by atoms with E-state index in [0.717, 1.165) is 72.9 Å². The molecule has 0 unspecified atom stereocenters. The summed E-state index contributed by atoms with van der Waals surface area (Å²) in [5, 5.41) is 14.2. The summed E-state index contributed by atoms with van der Waals surface area (Å²) < 4.78 is 13.8. The molecule has 2 atom stereocenters. The first kappa shape index (κ1) is 26.7. The summed E-state index contributed by atoms with van der Waals surface area (Å²) in [4.78, 5) is 19.3. The zero-order chi connectivity index (χ0) is 27.5. The second-order valence-electron chi connectivity index (χ2n) is 11.1. The highest BCUT2D eigenvalue weighted by atomic mass is 16.5. The number of benzene rings is 2. The standard InChI is InChI=1S/C31H38N6O3/c1-3-39-25-13-11-22(12-14-25)19-36(20-26-9-6-16-40-26)29(30-33-34-35-37(30)24-7-4-5-8-24)27-18-23-17-21(2)10-15-28(23)32-31(27)38/h10-15,17-18,24,26,29H,3-9,16,19-20H2,1-2H3,(H,32,38)/t26-,29-/m0/s1. The van der Waals surface area contributed by atoms with Gasteiger partial charge in [-0.1, -0.05) is 36.6 Å². The molecule has 1 saturated carbocycles. The predicted molar refractivity (Wildman–Crippen MR) is 153 cm³/mol. The van der Waals surface area contributed by atoms with E-state index in [1.54, 1.807) is 0 Å². The van der Waals surface area contributed by atoms with E-state index in [1.165, 1.54) is 0 Å². The Kier molecular flexibility index (Phi) is 7.93. The number of hydrogen-bond acceptors (Lipinski definition) is 7. The molecule has 40 heavy (non-hydrogen) atoms. The van der Waals surface area contributed by atoms with Crippen molar-refractivity contribution in [3.63, 3.8) is 0 Å². The van der Waals surface area contributed by atoms with Crippen LogP contribution in [0.3, 0.4) is 0 Å². The molecule has 3 heterocycles. The molecule has 2 fully saturated rings.